The van der Waals surface area contributed by atoms with Gasteiger partial charge in [-0.2, -0.15) is 0 Å². The highest BCUT2D eigenvalue weighted by atomic mass is 16.4. The SMILES string of the molecule is CN(C)C(=O)N1C[C@@H]2CN(Cc3cc(=O)c4ccccc4[nH]3)C[C@]2(C(=O)O)C1. The number of carboxylic acid groups (broad SMARTS) is 1. The summed E-state index contributed by atoms with van der Waals surface area (Å²) in [6, 6.07) is 8.79. The number of carbonyl (C=O) groups excluding carboxylic acids is 1. The lowest BCUT2D eigenvalue weighted by atomic mass is 9.81. The Hall–Kier alpha value is -2.87. The molecule has 2 fully saturated rings. The average Bonchev–Trinajstić information content (AvgIpc) is 3.16. The van der Waals surface area contributed by atoms with Crippen molar-refractivity contribution < 1.29 is 14.7 Å². The third kappa shape index (κ3) is 2.93. The summed E-state index contributed by atoms with van der Waals surface area (Å²) in [6.45, 7) is 2.08. The van der Waals surface area contributed by atoms with Gasteiger partial charge in [0, 0.05) is 75.4 Å². The second kappa shape index (κ2) is 6.63. The van der Waals surface area contributed by atoms with Crippen LogP contribution in [0.15, 0.2) is 35.1 Å². The van der Waals surface area contributed by atoms with Crippen molar-refractivity contribution in [3.05, 3.63) is 46.2 Å². The highest BCUT2D eigenvalue weighted by molar-refractivity contribution is 5.81. The van der Waals surface area contributed by atoms with Crippen molar-refractivity contribution in [3.63, 3.8) is 0 Å². The first-order chi connectivity index (χ1) is 13.3. The van der Waals surface area contributed by atoms with Crippen LogP contribution in [0.1, 0.15) is 5.69 Å². The number of benzene rings is 1. The molecule has 2 aromatic rings. The fourth-order valence-electron chi connectivity index (χ4n) is 4.60. The van der Waals surface area contributed by atoms with Gasteiger partial charge in [-0.25, -0.2) is 4.79 Å². The lowest BCUT2D eigenvalue weighted by Gasteiger charge is -2.27. The predicted molar refractivity (Wildman–Crippen MR) is 104 cm³/mol. The predicted octanol–water partition coefficient (Wildman–Crippen LogP) is 1.03. The van der Waals surface area contributed by atoms with E-state index in [4.69, 9.17) is 0 Å². The summed E-state index contributed by atoms with van der Waals surface area (Å²) in [7, 11) is 3.35. The van der Waals surface area contributed by atoms with E-state index in [0.717, 1.165) is 11.2 Å². The van der Waals surface area contributed by atoms with Crippen LogP contribution >= 0.6 is 0 Å². The largest absolute Gasteiger partial charge is 0.481 e. The molecule has 0 radical (unpaired) electrons. The topological polar surface area (TPSA) is 97.0 Å². The van der Waals surface area contributed by atoms with Crippen LogP contribution in [0, 0.1) is 11.3 Å². The molecule has 2 aliphatic rings. The number of para-hydroxylation sites is 1. The van der Waals surface area contributed by atoms with Gasteiger partial charge < -0.3 is 19.9 Å². The monoisotopic (exact) mass is 384 g/mol. The van der Waals surface area contributed by atoms with Crippen molar-refractivity contribution in [2.75, 3.05) is 40.3 Å². The minimum Gasteiger partial charge on any atom is -0.481 e. The molecule has 1 aromatic heterocycles. The molecule has 0 unspecified atom stereocenters. The first kappa shape index (κ1) is 18.5. The fourth-order valence-corrected chi connectivity index (χ4v) is 4.60. The summed E-state index contributed by atoms with van der Waals surface area (Å²) in [5, 5.41) is 10.6. The van der Waals surface area contributed by atoms with Crippen LogP contribution < -0.4 is 5.43 Å². The Morgan fingerprint density at radius 3 is 2.68 bits per heavy atom. The van der Waals surface area contributed by atoms with Gasteiger partial charge in [-0.3, -0.25) is 14.5 Å². The van der Waals surface area contributed by atoms with Gasteiger partial charge in [0.05, 0.1) is 0 Å². The zero-order valence-electron chi connectivity index (χ0n) is 16.0. The van der Waals surface area contributed by atoms with Crippen molar-refractivity contribution in [3.8, 4) is 0 Å². The number of aromatic amines is 1. The average molecular weight is 384 g/mol. The normalized spacial score (nSPS) is 24.5. The summed E-state index contributed by atoms with van der Waals surface area (Å²) in [5.41, 5.74) is 0.549. The molecule has 0 bridgehead atoms. The second-order valence-corrected chi connectivity index (χ2v) is 8.09. The van der Waals surface area contributed by atoms with Gasteiger partial charge in [0.25, 0.3) is 0 Å². The third-order valence-corrected chi connectivity index (χ3v) is 5.95. The minimum atomic E-state index is -0.956. The van der Waals surface area contributed by atoms with E-state index in [1.807, 2.05) is 18.2 Å². The van der Waals surface area contributed by atoms with Crippen LogP contribution in [0.3, 0.4) is 0 Å². The number of rotatable bonds is 3. The number of carboxylic acids is 1. The molecular formula is C20H24N4O4. The van der Waals surface area contributed by atoms with Crippen LogP contribution in [0.4, 0.5) is 4.79 Å². The van der Waals surface area contributed by atoms with E-state index >= 15 is 0 Å². The third-order valence-electron chi connectivity index (χ3n) is 5.95. The fraction of sp³-hybridized carbons (Fsp3) is 0.450. The Labute approximate surface area is 162 Å². The number of nitrogens with one attached hydrogen (secondary N) is 1. The smallest absolute Gasteiger partial charge is 0.319 e. The van der Waals surface area contributed by atoms with Gasteiger partial charge in [-0.1, -0.05) is 12.1 Å². The van der Waals surface area contributed by atoms with Crippen LogP contribution in [0.5, 0.6) is 0 Å². The van der Waals surface area contributed by atoms with E-state index < -0.39 is 11.4 Å². The maximum absolute atomic E-state index is 12.3. The number of hydrogen-bond acceptors (Lipinski definition) is 4. The van der Waals surface area contributed by atoms with E-state index in [1.54, 1.807) is 31.1 Å². The summed E-state index contributed by atoms with van der Waals surface area (Å²) in [5.74, 6) is -0.984. The standard InChI is InChI=1S/C20H24N4O4/c1-22(2)19(28)24-9-13-8-23(11-20(13,12-24)18(26)27)10-14-7-17(25)15-5-3-4-6-16(15)21-14/h3-7,13H,8-12H2,1-2H3,(H,21,25)(H,26,27)/t13-,20-/m0/s1. The molecule has 2 saturated heterocycles. The first-order valence-electron chi connectivity index (χ1n) is 9.33. The molecule has 2 aliphatic heterocycles. The Bertz CT molecular complexity index is 1000. The lowest BCUT2D eigenvalue weighted by molar-refractivity contribution is -0.148. The number of urea groups is 1. The van der Waals surface area contributed by atoms with E-state index in [0.29, 0.717) is 31.6 Å². The molecule has 2 amide bonds. The lowest BCUT2D eigenvalue weighted by Crippen LogP contribution is -2.44. The molecule has 4 rings (SSSR count). The molecule has 148 valence electrons. The van der Waals surface area contributed by atoms with Crippen molar-refractivity contribution in [2.24, 2.45) is 11.3 Å². The summed E-state index contributed by atoms with van der Waals surface area (Å²) < 4.78 is 0. The van der Waals surface area contributed by atoms with Crippen molar-refractivity contribution in [1.29, 1.82) is 0 Å². The number of hydrogen-bond donors (Lipinski definition) is 2. The van der Waals surface area contributed by atoms with Crippen LogP contribution in [-0.4, -0.2) is 77.1 Å². The van der Waals surface area contributed by atoms with Crippen LogP contribution in [0.25, 0.3) is 10.9 Å². The van der Waals surface area contributed by atoms with Crippen molar-refractivity contribution in [2.45, 2.75) is 6.54 Å². The number of H-pyrrole nitrogens is 1. The number of likely N-dealkylation sites (tertiary alicyclic amines) is 2. The maximum atomic E-state index is 12.3. The number of amides is 2. The molecule has 0 spiro atoms. The summed E-state index contributed by atoms with van der Waals surface area (Å²) >= 11 is 0. The van der Waals surface area contributed by atoms with Gasteiger partial charge in [0.1, 0.15) is 5.41 Å². The quantitative estimate of drug-likeness (QED) is 0.824. The van der Waals surface area contributed by atoms with E-state index in [2.05, 4.69) is 9.88 Å². The summed E-state index contributed by atoms with van der Waals surface area (Å²) in [6.07, 6.45) is 0. The zero-order valence-corrected chi connectivity index (χ0v) is 16.0. The molecule has 0 saturated carbocycles. The Morgan fingerprint density at radius 1 is 1.25 bits per heavy atom. The summed E-state index contributed by atoms with van der Waals surface area (Å²) in [4.78, 5) is 45.2. The highest BCUT2D eigenvalue weighted by Gasteiger charge is 2.58. The van der Waals surface area contributed by atoms with Gasteiger partial charge in [-0.15, -0.1) is 0 Å². The highest BCUT2D eigenvalue weighted by Crippen LogP contribution is 2.43. The molecule has 2 atom stereocenters. The van der Waals surface area contributed by atoms with Crippen molar-refractivity contribution in [1.82, 2.24) is 19.7 Å². The number of pyridine rings is 1. The van der Waals surface area contributed by atoms with Crippen LogP contribution in [0.2, 0.25) is 0 Å². The zero-order chi connectivity index (χ0) is 20.1. The molecule has 2 N–H and O–H groups in total. The number of nitrogens with zero attached hydrogens (tertiary/aromatic N) is 3. The number of aliphatic carboxylic acids is 1. The molecule has 8 heteroatoms. The van der Waals surface area contributed by atoms with Gasteiger partial charge in [0.2, 0.25) is 0 Å². The van der Waals surface area contributed by atoms with E-state index in [9.17, 15) is 19.5 Å². The van der Waals surface area contributed by atoms with Crippen LogP contribution in [-0.2, 0) is 11.3 Å². The van der Waals surface area contributed by atoms with Crippen molar-refractivity contribution >= 4 is 22.9 Å². The Balaban J connectivity index is 1.55. The van der Waals surface area contributed by atoms with Gasteiger partial charge in [0.15, 0.2) is 5.43 Å². The minimum absolute atomic E-state index is 0.0422. The Morgan fingerprint density at radius 2 is 2.00 bits per heavy atom. The second-order valence-electron chi connectivity index (χ2n) is 8.09. The Kier molecular flexibility index (Phi) is 4.38. The molecule has 28 heavy (non-hydrogen) atoms. The molecule has 1 aromatic carbocycles. The van der Waals surface area contributed by atoms with Gasteiger partial charge in [-0.05, 0) is 12.1 Å². The number of fused-ring (bicyclic) bond motifs is 2. The molecular weight excluding hydrogens is 360 g/mol. The van der Waals surface area contributed by atoms with Gasteiger partial charge >= 0.3 is 12.0 Å². The molecule has 3 heterocycles. The van der Waals surface area contributed by atoms with E-state index in [-0.39, 0.29) is 23.9 Å². The van der Waals surface area contributed by atoms with E-state index in [1.165, 1.54) is 4.90 Å². The molecule has 8 nitrogen and oxygen atoms in total. The maximum Gasteiger partial charge on any atom is 0.319 e. The number of carbonyl (C=O) groups is 2. The molecule has 0 aliphatic carbocycles. The first-order valence-corrected chi connectivity index (χ1v) is 9.33. The number of aromatic nitrogens is 1.